The second-order valence-corrected chi connectivity index (χ2v) is 16.5. The summed E-state index contributed by atoms with van der Waals surface area (Å²) in [5.41, 5.74) is 18.1. The first-order valence-electron chi connectivity index (χ1n) is 18.4. The summed E-state index contributed by atoms with van der Waals surface area (Å²) in [6.45, 7) is 17.1. The largest absolute Gasteiger partial charge is 0.309 e. The molecule has 0 saturated heterocycles. The molecule has 0 aliphatic heterocycles. The van der Waals surface area contributed by atoms with Crippen molar-refractivity contribution < 1.29 is 0 Å². The highest BCUT2D eigenvalue weighted by Gasteiger charge is 2.50. The lowest BCUT2D eigenvalue weighted by molar-refractivity contribution is 0.587. The Morgan fingerprint density at radius 3 is 1.53 bits per heavy atom. The molecule has 0 fully saturated rings. The van der Waals surface area contributed by atoms with Crippen molar-refractivity contribution in [2.45, 2.75) is 64.7 Å². The Hall–Kier alpha value is -5.40. The summed E-state index contributed by atoms with van der Waals surface area (Å²) in [6, 6.07) is 54.1. The summed E-state index contributed by atoms with van der Waals surface area (Å²) < 4.78 is 0. The quantitative estimate of drug-likeness (QED) is 0.182. The van der Waals surface area contributed by atoms with Gasteiger partial charge in [-0.15, -0.1) is 0 Å². The number of fused-ring (bicyclic) bond motifs is 7. The van der Waals surface area contributed by atoms with Crippen LogP contribution in [-0.4, -0.2) is 0 Å². The van der Waals surface area contributed by atoms with Gasteiger partial charge in [0.2, 0.25) is 0 Å². The van der Waals surface area contributed by atoms with Crippen LogP contribution >= 0.6 is 0 Å². The predicted octanol–water partition coefficient (Wildman–Crippen LogP) is 13.9. The van der Waals surface area contributed by atoms with E-state index in [4.69, 9.17) is 0 Å². The third-order valence-electron chi connectivity index (χ3n) is 11.7. The summed E-state index contributed by atoms with van der Waals surface area (Å²) in [5.74, 6) is 0. The van der Waals surface area contributed by atoms with Crippen molar-refractivity contribution in [3.63, 3.8) is 0 Å². The molecule has 250 valence electrons. The van der Waals surface area contributed by atoms with E-state index in [-0.39, 0.29) is 16.2 Å². The lowest BCUT2D eigenvalue weighted by Crippen LogP contribution is -2.28. The van der Waals surface area contributed by atoms with Crippen LogP contribution < -0.4 is 4.90 Å². The third kappa shape index (κ3) is 4.47. The van der Waals surface area contributed by atoms with E-state index in [0.29, 0.717) is 0 Å². The molecule has 2 aliphatic rings. The van der Waals surface area contributed by atoms with Gasteiger partial charge < -0.3 is 4.90 Å². The maximum absolute atomic E-state index is 2.66. The topological polar surface area (TPSA) is 3.24 Å². The fraction of sp³-hybridized carbons (Fsp3) is 0.200. The summed E-state index contributed by atoms with van der Waals surface area (Å²) in [4.78, 5) is 2.66. The number of hydrogen-bond donors (Lipinski definition) is 0. The van der Waals surface area contributed by atoms with Gasteiger partial charge >= 0.3 is 0 Å². The Bertz CT molecular complexity index is 2420. The van der Waals surface area contributed by atoms with Gasteiger partial charge in [0.15, 0.2) is 0 Å². The van der Waals surface area contributed by atoms with Gasteiger partial charge in [0, 0.05) is 21.8 Å². The highest BCUT2D eigenvalue weighted by atomic mass is 15.2. The van der Waals surface area contributed by atoms with Crippen LogP contribution in [0.15, 0.2) is 146 Å². The summed E-state index contributed by atoms with van der Waals surface area (Å²) in [7, 11) is 0. The van der Waals surface area contributed by atoms with Crippen molar-refractivity contribution in [1.29, 1.82) is 0 Å². The van der Waals surface area contributed by atoms with E-state index in [1.54, 1.807) is 0 Å². The second-order valence-electron chi connectivity index (χ2n) is 16.5. The minimum Gasteiger partial charge on any atom is -0.309 e. The van der Waals surface area contributed by atoms with Crippen LogP contribution in [0.4, 0.5) is 17.1 Å². The van der Waals surface area contributed by atoms with Gasteiger partial charge in [-0.05, 0) is 78.6 Å². The van der Waals surface area contributed by atoms with Crippen LogP contribution in [0.25, 0.3) is 44.2 Å². The Morgan fingerprint density at radius 1 is 0.451 bits per heavy atom. The molecule has 0 bridgehead atoms. The molecule has 0 spiro atoms. The Labute approximate surface area is 303 Å². The molecule has 0 saturated carbocycles. The highest BCUT2D eigenvalue weighted by Crippen LogP contribution is 2.66. The number of rotatable bonds is 4. The van der Waals surface area contributed by atoms with E-state index in [2.05, 4.69) is 199 Å². The molecule has 1 nitrogen and oxygen atoms in total. The van der Waals surface area contributed by atoms with Gasteiger partial charge in [0.05, 0.1) is 17.1 Å². The molecule has 7 aromatic carbocycles. The van der Waals surface area contributed by atoms with Crippen molar-refractivity contribution in [2.24, 2.45) is 0 Å². The van der Waals surface area contributed by atoms with Gasteiger partial charge in [0.1, 0.15) is 0 Å². The zero-order valence-corrected chi connectivity index (χ0v) is 30.8. The van der Waals surface area contributed by atoms with Crippen molar-refractivity contribution in [2.75, 3.05) is 4.90 Å². The molecule has 0 aromatic heterocycles. The molecule has 9 rings (SSSR count). The highest BCUT2D eigenvalue weighted by molar-refractivity contribution is 6.07. The van der Waals surface area contributed by atoms with Gasteiger partial charge in [0.25, 0.3) is 0 Å². The monoisotopic (exact) mass is 659 g/mol. The molecule has 0 heterocycles. The third-order valence-corrected chi connectivity index (χ3v) is 11.7. The number of anilines is 3. The maximum Gasteiger partial charge on any atom is 0.0556 e. The van der Waals surface area contributed by atoms with Crippen molar-refractivity contribution in [3.8, 4) is 33.4 Å². The molecule has 2 aliphatic carbocycles. The van der Waals surface area contributed by atoms with Crippen LogP contribution in [-0.2, 0) is 16.2 Å². The lowest BCUT2D eigenvalue weighted by Gasteiger charge is -2.40. The summed E-state index contributed by atoms with van der Waals surface area (Å²) in [6.07, 6.45) is 0. The van der Waals surface area contributed by atoms with Gasteiger partial charge in [-0.2, -0.15) is 0 Å². The molecule has 7 aromatic rings. The number of benzene rings is 7. The standard InChI is InChI=1S/C50H45N/c1-48(2,3)44-42-36-26-13-16-28-38(36)49(4,5)45(42)47(46-43(44)37-27-14-17-29-39(37)50(46,6)7)51(41-31-19-23-33-22-11-12-24-35(33)41)40-30-18-15-25-34(40)32-20-9-8-10-21-32/h8-31H,1-7H3. The van der Waals surface area contributed by atoms with Crippen LogP contribution in [0, 0.1) is 0 Å². The fourth-order valence-corrected chi connectivity index (χ4v) is 9.53. The van der Waals surface area contributed by atoms with Crippen LogP contribution in [0.2, 0.25) is 0 Å². The SMILES string of the molecule is CC(C)(C)c1c2c(c(N(c3ccccc3-c3ccccc3)c3cccc4ccccc34)c3c1-c1ccccc1C3(C)C)C(C)(C)c1ccccc1-2. The number of para-hydroxylation sites is 1. The molecule has 0 N–H and O–H groups in total. The Kier molecular flexibility index (Phi) is 6.84. The fourth-order valence-electron chi connectivity index (χ4n) is 9.53. The van der Waals surface area contributed by atoms with E-state index < -0.39 is 0 Å². The van der Waals surface area contributed by atoms with E-state index in [0.717, 1.165) is 0 Å². The predicted molar refractivity (Wildman–Crippen MR) is 218 cm³/mol. The maximum atomic E-state index is 2.66. The molecule has 0 amide bonds. The zero-order valence-electron chi connectivity index (χ0n) is 30.8. The molecule has 0 unspecified atom stereocenters. The molecular formula is C50H45N. The number of nitrogens with zero attached hydrogens (tertiary/aromatic N) is 1. The Morgan fingerprint density at radius 2 is 0.922 bits per heavy atom. The minimum absolute atomic E-state index is 0.111. The average Bonchev–Trinajstić information content (AvgIpc) is 3.52. The van der Waals surface area contributed by atoms with Gasteiger partial charge in [-0.1, -0.05) is 182 Å². The molecular weight excluding hydrogens is 615 g/mol. The first-order chi connectivity index (χ1) is 24.5. The van der Waals surface area contributed by atoms with Crippen molar-refractivity contribution in [3.05, 3.63) is 173 Å². The first-order valence-corrected chi connectivity index (χ1v) is 18.4. The van der Waals surface area contributed by atoms with Crippen LogP contribution in [0.5, 0.6) is 0 Å². The van der Waals surface area contributed by atoms with E-state index in [1.807, 2.05) is 0 Å². The normalized spacial score (nSPS) is 14.9. The Balaban J connectivity index is 1.55. The van der Waals surface area contributed by atoms with Crippen LogP contribution in [0.1, 0.15) is 76.3 Å². The lowest BCUT2D eigenvalue weighted by atomic mass is 9.70. The zero-order chi connectivity index (χ0) is 35.3. The van der Waals surface area contributed by atoms with Crippen LogP contribution in [0.3, 0.4) is 0 Å². The average molecular weight is 660 g/mol. The van der Waals surface area contributed by atoms with Crippen molar-refractivity contribution >= 4 is 27.8 Å². The van der Waals surface area contributed by atoms with E-state index >= 15 is 0 Å². The summed E-state index contributed by atoms with van der Waals surface area (Å²) in [5, 5.41) is 2.48. The van der Waals surface area contributed by atoms with Crippen molar-refractivity contribution in [1.82, 2.24) is 0 Å². The number of hydrogen-bond acceptors (Lipinski definition) is 1. The smallest absolute Gasteiger partial charge is 0.0556 e. The molecule has 0 atom stereocenters. The molecule has 1 heteroatoms. The van der Waals surface area contributed by atoms with Gasteiger partial charge in [-0.25, -0.2) is 0 Å². The minimum atomic E-state index is -0.258. The molecule has 0 radical (unpaired) electrons. The first kappa shape index (κ1) is 31.6. The summed E-state index contributed by atoms with van der Waals surface area (Å²) >= 11 is 0. The van der Waals surface area contributed by atoms with E-state index in [9.17, 15) is 0 Å². The molecule has 51 heavy (non-hydrogen) atoms. The van der Waals surface area contributed by atoms with Gasteiger partial charge in [-0.3, -0.25) is 0 Å². The second kappa shape index (κ2) is 11.0. The van der Waals surface area contributed by atoms with E-state index in [1.165, 1.54) is 89.0 Å².